The maximum atomic E-state index is 13.9. The first-order valence-corrected chi connectivity index (χ1v) is 8.77. The first-order chi connectivity index (χ1) is 12.0. The van der Waals surface area contributed by atoms with Crippen molar-refractivity contribution >= 4 is 5.91 Å². The Morgan fingerprint density at radius 3 is 2.52 bits per heavy atom. The smallest absolute Gasteiger partial charge is 0.227 e. The molecule has 2 fully saturated rings. The Morgan fingerprint density at radius 1 is 1.20 bits per heavy atom. The van der Waals surface area contributed by atoms with Gasteiger partial charge in [-0.1, -0.05) is 6.07 Å². The van der Waals surface area contributed by atoms with Crippen LogP contribution in [0.5, 0.6) is 0 Å². The number of halogens is 2. The predicted molar refractivity (Wildman–Crippen MR) is 89.0 cm³/mol. The topological polar surface area (TPSA) is 38.1 Å². The van der Waals surface area contributed by atoms with Gasteiger partial charge in [-0.2, -0.15) is 5.10 Å². The van der Waals surface area contributed by atoms with Crippen molar-refractivity contribution in [2.24, 2.45) is 0 Å². The number of amides is 1. The maximum absolute atomic E-state index is 13.9. The minimum absolute atomic E-state index is 0.00927. The molecule has 4 nitrogen and oxygen atoms in total. The average Bonchev–Trinajstić information content (AvgIpc) is 3.11. The lowest BCUT2D eigenvalue weighted by molar-refractivity contribution is -0.135. The van der Waals surface area contributed by atoms with Crippen LogP contribution in [0.4, 0.5) is 8.78 Å². The van der Waals surface area contributed by atoms with Gasteiger partial charge in [0.1, 0.15) is 11.6 Å². The second kappa shape index (κ2) is 6.24. The first-order valence-electron chi connectivity index (χ1n) is 8.77. The molecule has 1 amide bonds. The predicted octanol–water partition coefficient (Wildman–Crippen LogP) is 3.41. The van der Waals surface area contributed by atoms with Crippen molar-refractivity contribution in [3.05, 3.63) is 53.4 Å². The number of nitrogens with zero attached hydrogens (tertiary/aromatic N) is 3. The number of carbonyl (C=O) groups excluding carboxylic acids is 1. The van der Waals surface area contributed by atoms with Crippen LogP contribution in [0.3, 0.4) is 0 Å². The normalized spacial score (nSPS) is 25.4. The number of piperidine rings is 1. The summed E-state index contributed by atoms with van der Waals surface area (Å²) in [6, 6.07) is 4.09. The van der Waals surface area contributed by atoms with Crippen molar-refractivity contribution in [3.63, 3.8) is 0 Å². The Balaban J connectivity index is 1.48. The van der Waals surface area contributed by atoms with Gasteiger partial charge in [-0.3, -0.25) is 9.48 Å². The molecule has 0 saturated carbocycles. The molecule has 0 N–H and O–H groups in total. The molecule has 3 heterocycles. The van der Waals surface area contributed by atoms with E-state index in [1.54, 1.807) is 0 Å². The lowest BCUT2D eigenvalue weighted by atomic mass is 9.96. The molecule has 2 aliphatic heterocycles. The summed E-state index contributed by atoms with van der Waals surface area (Å²) in [6.07, 6.45) is 7.64. The number of aryl methyl sites for hydroxylation is 1. The molecule has 2 atom stereocenters. The van der Waals surface area contributed by atoms with Gasteiger partial charge in [0.2, 0.25) is 5.91 Å². The molecule has 4 rings (SSSR count). The van der Waals surface area contributed by atoms with E-state index in [1.807, 2.05) is 22.7 Å². The van der Waals surface area contributed by atoms with Crippen LogP contribution in [0.1, 0.15) is 42.9 Å². The molecule has 2 aliphatic rings. The van der Waals surface area contributed by atoms with Gasteiger partial charge in [0.15, 0.2) is 0 Å². The fraction of sp³-hybridized carbons (Fsp3) is 0.474. The third-order valence-corrected chi connectivity index (χ3v) is 5.46. The minimum atomic E-state index is -0.650. The van der Waals surface area contributed by atoms with Crippen molar-refractivity contribution < 1.29 is 13.6 Å². The van der Waals surface area contributed by atoms with Crippen molar-refractivity contribution in [3.8, 4) is 0 Å². The van der Waals surface area contributed by atoms with E-state index in [1.165, 1.54) is 12.1 Å². The molecule has 1 aromatic carbocycles. The SMILES string of the molecule is Cc1cnn(C2CC3CCC(C2)N3C(=O)Cc2ccc(F)cc2F)c1. The second-order valence-corrected chi connectivity index (χ2v) is 7.22. The maximum Gasteiger partial charge on any atom is 0.227 e. The summed E-state index contributed by atoms with van der Waals surface area (Å²) in [4.78, 5) is 14.7. The van der Waals surface area contributed by atoms with Gasteiger partial charge >= 0.3 is 0 Å². The first kappa shape index (κ1) is 16.2. The molecule has 0 radical (unpaired) electrons. The third kappa shape index (κ3) is 3.05. The van der Waals surface area contributed by atoms with Crippen LogP contribution in [0.15, 0.2) is 30.6 Å². The average molecular weight is 345 g/mol. The molecule has 2 bridgehead atoms. The summed E-state index contributed by atoms with van der Waals surface area (Å²) in [7, 11) is 0. The highest BCUT2D eigenvalue weighted by atomic mass is 19.1. The van der Waals surface area contributed by atoms with Gasteiger partial charge in [0.05, 0.1) is 18.7 Å². The van der Waals surface area contributed by atoms with E-state index >= 15 is 0 Å². The molecule has 6 heteroatoms. The summed E-state index contributed by atoms with van der Waals surface area (Å²) in [6.45, 7) is 2.02. The van der Waals surface area contributed by atoms with Crippen LogP contribution < -0.4 is 0 Å². The van der Waals surface area contributed by atoms with Crippen LogP contribution in [0, 0.1) is 18.6 Å². The zero-order valence-electron chi connectivity index (χ0n) is 14.2. The van der Waals surface area contributed by atoms with Crippen molar-refractivity contribution in [2.75, 3.05) is 0 Å². The Kier molecular flexibility index (Phi) is 4.06. The Bertz CT molecular complexity index is 790. The van der Waals surface area contributed by atoms with E-state index in [0.29, 0.717) is 6.04 Å². The number of rotatable bonds is 3. The zero-order valence-corrected chi connectivity index (χ0v) is 14.2. The third-order valence-electron chi connectivity index (χ3n) is 5.46. The standard InChI is InChI=1S/C19H21F2N3O/c1-12-10-22-23(11-12)17-8-15-4-5-16(9-17)24(15)19(25)6-13-2-3-14(20)7-18(13)21/h2-3,7,10-11,15-17H,4-6,8-9H2,1H3. The van der Waals surface area contributed by atoms with Gasteiger partial charge < -0.3 is 4.90 Å². The van der Waals surface area contributed by atoms with E-state index in [2.05, 4.69) is 11.3 Å². The van der Waals surface area contributed by atoms with Crippen LogP contribution in [0.2, 0.25) is 0 Å². The lowest BCUT2D eigenvalue weighted by Gasteiger charge is -2.39. The van der Waals surface area contributed by atoms with Gasteiger partial charge in [0.25, 0.3) is 0 Å². The number of aromatic nitrogens is 2. The van der Waals surface area contributed by atoms with E-state index < -0.39 is 11.6 Å². The van der Waals surface area contributed by atoms with Crippen LogP contribution in [-0.2, 0) is 11.2 Å². The molecule has 2 aromatic rings. The molecule has 2 unspecified atom stereocenters. The number of carbonyl (C=O) groups is 1. The minimum Gasteiger partial charge on any atom is -0.336 e. The fourth-order valence-corrected chi connectivity index (χ4v) is 4.32. The Hall–Kier alpha value is -2.24. The fourth-order valence-electron chi connectivity index (χ4n) is 4.32. The molecule has 2 saturated heterocycles. The highest BCUT2D eigenvalue weighted by molar-refractivity contribution is 5.80. The highest BCUT2D eigenvalue weighted by Crippen LogP contribution is 2.41. The largest absolute Gasteiger partial charge is 0.336 e. The summed E-state index contributed by atoms with van der Waals surface area (Å²) in [5, 5.41) is 4.42. The van der Waals surface area contributed by atoms with Crippen molar-refractivity contribution in [1.29, 1.82) is 0 Å². The highest BCUT2D eigenvalue weighted by Gasteiger charge is 2.43. The summed E-state index contributed by atoms with van der Waals surface area (Å²) < 4.78 is 28.9. The second-order valence-electron chi connectivity index (χ2n) is 7.22. The van der Waals surface area contributed by atoms with Gasteiger partial charge in [-0.15, -0.1) is 0 Å². The van der Waals surface area contributed by atoms with E-state index in [9.17, 15) is 13.6 Å². The number of hydrogen-bond donors (Lipinski definition) is 0. The van der Waals surface area contributed by atoms with Gasteiger partial charge in [0, 0.05) is 24.3 Å². The summed E-state index contributed by atoms with van der Waals surface area (Å²) in [5.74, 6) is -1.33. The Morgan fingerprint density at radius 2 is 1.92 bits per heavy atom. The lowest BCUT2D eigenvalue weighted by Crippen LogP contribution is -2.47. The molecular formula is C19H21F2N3O. The number of hydrogen-bond acceptors (Lipinski definition) is 2. The summed E-state index contributed by atoms with van der Waals surface area (Å²) >= 11 is 0. The molecule has 0 spiro atoms. The molecule has 25 heavy (non-hydrogen) atoms. The van der Waals surface area contributed by atoms with Crippen molar-refractivity contribution in [1.82, 2.24) is 14.7 Å². The van der Waals surface area contributed by atoms with Gasteiger partial charge in [-0.25, -0.2) is 8.78 Å². The van der Waals surface area contributed by atoms with Crippen LogP contribution in [0.25, 0.3) is 0 Å². The summed E-state index contributed by atoms with van der Waals surface area (Å²) in [5.41, 5.74) is 1.40. The van der Waals surface area contributed by atoms with Crippen LogP contribution in [-0.4, -0.2) is 32.7 Å². The molecular weight excluding hydrogens is 324 g/mol. The van der Waals surface area contributed by atoms with Crippen molar-refractivity contribution in [2.45, 2.75) is 57.2 Å². The number of fused-ring (bicyclic) bond motifs is 2. The van der Waals surface area contributed by atoms with E-state index in [0.717, 1.165) is 37.3 Å². The number of benzene rings is 1. The van der Waals surface area contributed by atoms with E-state index in [-0.39, 0.29) is 30.0 Å². The molecule has 1 aromatic heterocycles. The monoisotopic (exact) mass is 345 g/mol. The molecule has 132 valence electrons. The molecule has 0 aliphatic carbocycles. The van der Waals surface area contributed by atoms with E-state index in [4.69, 9.17) is 0 Å². The van der Waals surface area contributed by atoms with Gasteiger partial charge in [-0.05, 0) is 49.8 Å². The zero-order chi connectivity index (χ0) is 17.6. The Labute approximate surface area is 145 Å². The quantitative estimate of drug-likeness (QED) is 0.855. The van der Waals surface area contributed by atoms with Crippen LogP contribution >= 0.6 is 0 Å².